The highest BCUT2D eigenvalue weighted by atomic mass is 127. The van der Waals surface area contributed by atoms with Crippen LogP contribution in [0.2, 0.25) is 0 Å². The largest absolute Gasteiger partial charge is 0.379 e. The number of rotatable bonds is 7. The molecule has 168 valence electrons. The predicted octanol–water partition coefficient (Wildman–Crippen LogP) is 3.24. The van der Waals surface area contributed by atoms with Crippen molar-refractivity contribution in [3.8, 4) is 0 Å². The number of hydrogen-bond donors (Lipinski definition) is 2. The highest BCUT2D eigenvalue weighted by Crippen LogP contribution is 2.48. The standard InChI is InChI=1S/C22H33FN4OS.HI/c1-2-24-20(25-15-21(7-8-21)18-5-3-4-6-19(18)23)26-16-22(9-14-29-17-22)27-10-12-28-13-11-27;/h3-6H,2,7-17H2,1H3,(H2,24,25,26);1H. The summed E-state index contributed by atoms with van der Waals surface area (Å²) in [5, 5.41) is 6.90. The monoisotopic (exact) mass is 548 g/mol. The van der Waals surface area contributed by atoms with Crippen molar-refractivity contribution in [3.63, 3.8) is 0 Å². The van der Waals surface area contributed by atoms with Crippen LogP contribution in [-0.4, -0.2) is 73.8 Å². The minimum absolute atomic E-state index is 0. The zero-order valence-corrected chi connectivity index (χ0v) is 20.9. The molecule has 2 aliphatic heterocycles. The topological polar surface area (TPSA) is 48.9 Å². The first-order valence-corrected chi connectivity index (χ1v) is 12.0. The summed E-state index contributed by atoms with van der Waals surface area (Å²) in [4.78, 5) is 7.58. The molecule has 0 spiro atoms. The van der Waals surface area contributed by atoms with Crippen molar-refractivity contribution >= 4 is 41.7 Å². The molecule has 4 rings (SSSR count). The van der Waals surface area contributed by atoms with Gasteiger partial charge in [-0.2, -0.15) is 11.8 Å². The van der Waals surface area contributed by atoms with Crippen molar-refractivity contribution in [2.45, 2.75) is 37.1 Å². The molecule has 3 aliphatic rings. The zero-order chi connectivity index (χ0) is 20.2. The number of halogens is 2. The van der Waals surface area contributed by atoms with E-state index in [1.807, 2.05) is 23.9 Å². The van der Waals surface area contributed by atoms with E-state index in [4.69, 9.17) is 9.73 Å². The molecule has 1 unspecified atom stereocenters. The fraction of sp³-hybridized carbons (Fsp3) is 0.682. The quantitative estimate of drug-likeness (QED) is 0.312. The number of morpholine rings is 1. The van der Waals surface area contributed by atoms with Gasteiger partial charge in [0.15, 0.2) is 5.96 Å². The van der Waals surface area contributed by atoms with Gasteiger partial charge in [0.25, 0.3) is 0 Å². The predicted molar refractivity (Wildman–Crippen MR) is 134 cm³/mol. The first-order chi connectivity index (χ1) is 14.2. The summed E-state index contributed by atoms with van der Waals surface area (Å²) in [6.07, 6.45) is 3.23. The Morgan fingerprint density at radius 3 is 2.60 bits per heavy atom. The van der Waals surface area contributed by atoms with Gasteiger partial charge in [0, 0.05) is 37.3 Å². The minimum atomic E-state index is -0.0945. The van der Waals surface area contributed by atoms with E-state index in [2.05, 4.69) is 22.5 Å². The Morgan fingerprint density at radius 2 is 1.97 bits per heavy atom. The van der Waals surface area contributed by atoms with Crippen molar-refractivity contribution < 1.29 is 9.13 Å². The summed E-state index contributed by atoms with van der Waals surface area (Å²) >= 11 is 2.03. The second-order valence-electron chi connectivity index (χ2n) is 8.44. The van der Waals surface area contributed by atoms with Gasteiger partial charge in [-0.15, -0.1) is 24.0 Å². The molecule has 8 heteroatoms. The number of nitrogens with one attached hydrogen (secondary N) is 2. The van der Waals surface area contributed by atoms with Gasteiger partial charge in [-0.1, -0.05) is 18.2 Å². The Labute approximate surface area is 201 Å². The van der Waals surface area contributed by atoms with Crippen LogP contribution >= 0.6 is 35.7 Å². The molecule has 0 radical (unpaired) electrons. The summed E-state index contributed by atoms with van der Waals surface area (Å²) < 4.78 is 19.9. The summed E-state index contributed by atoms with van der Waals surface area (Å²) in [6.45, 7) is 8.05. The van der Waals surface area contributed by atoms with E-state index < -0.39 is 0 Å². The Morgan fingerprint density at radius 1 is 1.20 bits per heavy atom. The average Bonchev–Trinajstić information content (AvgIpc) is 3.38. The molecule has 0 bridgehead atoms. The fourth-order valence-electron chi connectivity index (χ4n) is 4.51. The molecule has 30 heavy (non-hydrogen) atoms. The summed E-state index contributed by atoms with van der Waals surface area (Å²) in [6, 6.07) is 7.19. The van der Waals surface area contributed by atoms with Gasteiger partial charge in [0.05, 0.1) is 25.3 Å². The third-order valence-electron chi connectivity index (χ3n) is 6.53. The van der Waals surface area contributed by atoms with Gasteiger partial charge in [0.2, 0.25) is 0 Å². The van der Waals surface area contributed by atoms with E-state index >= 15 is 0 Å². The van der Waals surface area contributed by atoms with Gasteiger partial charge in [-0.3, -0.25) is 9.89 Å². The van der Waals surface area contributed by atoms with Crippen molar-refractivity contribution in [1.29, 1.82) is 0 Å². The van der Waals surface area contributed by atoms with Gasteiger partial charge in [-0.05, 0) is 43.6 Å². The second kappa shape index (κ2) is 10.8. The first-order valence-electron chi connectivity index (χ1n) is 10.9. The number of nitrogens with zero attached hydrogens (tertiary/aromatic N) is 2. The molecule has 5 nitrogen and oxygen atoms in total. The molecule has 2 heterocycles. The zero-order valence-electron chi connectivity index (χ0n) is 17.8. The van der Waals surface area contributed by atoms with Crippen molar-refractivity contribution in [2.75, 3.05) is 57.4 Å². The van der Waals surface area contributed by atoms with Gasteiger partial charge >= 0.3 is 0 Å². The minimum Gasteiger partial charge on any atom is -0.379 e. The van der Waals surface area contributed by atoms with Crippen LogP contribution in [0.1, 0.15) is 31.7 Å². The maximum atomic E-state index is 14.3. The molecule has 2 saturated heterocycles. The van der Waals surface area contributed by atoms with Crippen LogP contribution in [0.25, 0.3) is 0 Å². The Kier molecular flexibility index (Phi) is 8.69. The number of hydrogen-bond acceptors (Lipinski definition) is 4. The lowest BCUT2D eigenvalue weighted by Gasteiger charge is -2.42. The van der Waals surface area contributed by atoms with E-state index in [0.717, 1.165) is 76.1 Å². The second-order valence-corrected chi connectivity index (χ2v) is 9.54. The van der Waals surface area contributed by atoms with Gasteiger partial charge < -0.3 is 15.4 Å². The molecule has 1 aliphatic carbocycles. The number of benzene rings is 1. The average molecular weight is 549 g/mol. The highest BCUT2D eigenvalue weighted by Gasteiger charge is 2.46. The maximum absolute atomic E-state index is 14.3. The van der Waals surface area contributed by atoms with Crippen molar-refractivity contribution in [3.05, 3.63) is 35.6 Å². The Bertz CT molecular complexity index is 719. The highest BCUT2D eigenvalue weighted by molar-refractivity contribution is 14.0. The summed E-state index contributed by atoms with van der Waals surface area (Å²) in [5.74, 6) is 3.09. The molecule has 1 aromatic rings. The van der Waals surface area contributed by atoms with Crippen LogP contribution in [0.4, 0.5) is 4.39 Å². The normalized spacial score (nSPS) is 26.1. The van der Waals surface area contributed by atoms with Crippen LogP contribution < -0.4 is 10.6 Å². The molecule has 1 atom stereocenters. The number of ether oxygens (including phenoxy) is 1. The van der Waals surface area contributed by atoms with Crippen LogP contribution in [0.3, 0.4) is 0 Å². The number of aliphatic imine (C=N–C) groups is 1. The smallest absolute Gasteiger partial charge is 0.191 e. The third kappa shape index (κ3) is 5.42. The molecule has 2 N–H and O–H groups in total. The lowest BCUT2D eigenvalue weighted by atomic mass is 9.95. The fourth-order valence-corrected chi connectivity index (χ4v) is 5.98. The van der Waals surface area contributed by atoms with E-state index in [1.54, 1.807) is 12.1 Å². The van der Waals surface area contributed by atoms with E-state index in [1.165, 1.54) is 12.2 Å². The molecular weight excluding hydrogens is 514 g/mol. The lowest BCUT2D eigenvalue weighted by Crippen LogP contribution is -2.56. The molecular formula is C22H34FIN4OS. The molecule has 3 fully saturated rings. The summed E-state index contributed by atoms with van der Waals surface area (Å²) in [7, 11) is 0. The van der Waals surface area contributed by atoms with Crippen molar-refractivity contribution in [2.24, 2.45) is 4.99 Å². The van der Waals surface area contributed by atoms with Crippen LogP contribution in [-0.2, 0) is 10.2 Å². The Hall–Kier alpha value is -0.580. The Balaban J connectivity index is 0.00000256. The molecule has 1 aromatic carbocycles. The first kappa shape index (κ1) is 24.1. The molecule has 0 aromatic heterocycles. The van der Waals surface area contributed by atoms with E-state index in [0.29, 0.717) is 0 Å². The lowest BCUT2D eigenvalue weighted by molar-refractivity contribution is -0.0104. The van der Waals surface area contributed by atoms with Crippen LogP contribution in [0, 0.1) is 5.82 Å². The molecule has 0 amide bonds. The van der Waals surface area contributed by atoms with Crippen LogP contribution in [0.5, 0.6) is 0 Å². The van der Waals surface area contributed by atoms with E-state index in [-0.39, 0.29) is 40.7 Å². The van der Waals surface area contributed by atoms with Gasteiger partial charge in [-0.25, -0.2) is 4.39 Å². The number of thioether (sulfide) groups is 1. The van der Waals surface area contributed by atoms with E-state index in [9.17, 15) is 4.39 Å². The maximum Gasteiger partial charge on any atom is 0.191 e. The number of guanidine groups is 1. The van der Waals surface area contributed by atoms with Crippen LogP contribution in [0.15, 0.2) is 29.3 Å². The third-order valence-corrected chi connectivity index (χ3v) is 7.77. The summed E-state index contributed by atoms with van der Waals surface area (Å²) in [5.41, 5.74) is 0.881. The SMILES string of the molecule is CCNC(=NCC1(N2CCOCC2)CCSC1)NCC1(c2ccccc2F)CC1.I. The molecule has 1 saturated carbocycles. The van der Waals surface area contributed by atoms with Gasteiger partial charge in [0.1, 0.15) is 5.82 Å². The van der Waals surface area contributed by atoms with Crippen molar-refractivity contribution in [1.82, 2.24) is 15.5 Å².